The van der Waals surface area contributed by atoms with E-state index in [0.29, 0.717) is 24.7 Å². The number of Topliss-reactive ketones (excluding diaryl/α,β-unsaturated/α-hetero) is 1. The molecule has 2 rings (SSSR count). The van der Waals surface area contributed by atoms with Gasteiger partial charge in [-0.15, -0.1) is 0 Å². The summed E-state index contributed by atoms with van der Waals surface area (Å²) in [6, 6.07) is 0. The van der Waals surface area contributed by atoms with Crippen LogP contribution in [0.5, 0.6) is 0 Å². The largest absolute Gasteiger partial charge is 0.367 e. The summed E-state index contributed by atoms with van der Waals surface area (Å²) in [4.78, 5) is 18.1. The zero-order chi connectivity index (χ0) is 13.7. The maximum atomic E-state index is 11.5. The number of rotatable bonds is 6. The maximum absolute atomic E-state index is 11.5. The van der Waals surface area contributed by atoms with E-state index in [4.69, 9.17) is 9.26 Å². The van der Waals surface area contributed by atoms with Crippen molar-refractivity contribution < 1.29 is 14.1 Å². The van der Waals surface area contributed by atoms with Crippen molar-refractivity contribution in [1.82, 2.24) is 15.0 Å². The van der Waals surface area contributed by atoms with Gasteiger partial charge in [-0.2, -0.15) is 4.98 Å². The fraction of sp³-hybridized carbons (Fsp3) is 0.769. The number of aromatic nitrogens is 2. The smallest absolute Gasteiger partial charge is 0.234 e. The number of carbonyl (C=O) groups is 1. The third-order valence-electron chi connectivity index (χ3n) is 3.25. The molecule has 0 bridgehead atoms. The van der Waals surface area contributed by atoms with Crippen molar-refractivity contribution >= 4 is 5.78 Å². The Morgan fingerprint density at radius 1 is 1.47 bits per heavy atom. The van der Waals surface area contributed by atoms with Gasteiger partial charge < -0.3 is 9.26 Å². The lowest BCUT2D eigenvalue weighted by molar-refractivity contribution is -0.118. The van der Waals surface area contributed by atoms with Gasteiger partial charge in [0.1, 0.15) is 11.9 Å². The number of nitrogens with zero attached hydrogens (tertiary/aromatic N) is 3. The predicted molar refractivity (Wildman–Crippen MR) is 68.7 cm³/mol. The summed E-state index contributed by atoms with van der Waals surface area (Å²) in [6.07, 6.45) is 1.48. The van der Waals surface area contributed by atoms with E-state index in [2.05, 4.69) is 22.0 Å². The van der Waals surface area contributed by atoms with Crippen LogP contribution in [0.15, 0.2) is 4.52 Å². The monoisotopic (exact) mass is 267 g/mol. The number of morpholine rings is 1. The number of hydrogen-bond donors (Lipinski definition) is 0. The lowest BCUT2D eigenvalue weighted by Crippen LogP contribution is -2.38. The Bertz CT molecular complexity index is 419. The molecule has 6 heteroatoms. The van der Waals surface area contributed by atoms with Crippen molar-refractivity contribution in [2.24, 2.45) is 0 Å². The zero-order valence-electron chi connectivity index (χ0n) is 11.6. The molecule has 0 aromatic carbocycles. The van der Waals surface area contributed by atoms with Gasteiger partial charge in [-0.3, -0.25) is 9.69 Å². The highest BCUT2D eigenvalue weighted by atomic mass is 16.5. The van der Waals surface area contributed by atoms with Gasteiger partial charge in [0.15, 0.2) is 0 Å². The Kier molecular flexibility index (Phi) is 5.04. The van der Waals surface area contributed by atoms with E-state index in [1.54, 1.807) is 0 Å². The second-order valence-electron chi connectivity index (χ2n) is 4.76. The average Bonchev–Trinajstić information content (AvgIpc) is 2.87. The summed E-state index contributed by atoms with van der Waals surface area (Å²) < 4.78 is 10.8. The van der Waals surface area contributed by atoms with E-state index in [1.165, 1.54) is 0 Å². The molecule has 19 heavy (non-hydrogen) atoms. The summed E-state index contributed by atoms with van der Waals surface area (Å²) in [5, 5.41) is 3.93. The number of carbonyl (C=O) groups excluding carboxylic acids is 1. The van der Waals surface area contributed by atoms with E-state index in [-0.39, 0.29) is 18.3 Å². The summed E-state index contributed by atoms with van der Waals surface area (Å²) >= 11 is 0. The van der Waals surface area contributed by atoms with Crippen molar-refractivity contribution in [1.29, 1.82) is 0 Å². The minimum Gasteiger partial charge on any atom is -0.367 e. The average molecular weight is 267 g/mol. The maximum Gasteiger partial charge on any atom is 0.234 e. The molecule has 0 spiro atoms. The quantitative estimate of drug-likeness (QED) is 0.775. The Morgan fingerprint density at radius 2 is 2.32 bits per heavy atom. The van der Waals surface area contributed by atoms with Crippen molar-refractivity contribution in [2.75, 3.05) is 26.2 Å². The molecule has 0 aliphatic carbocycles. The molecule has 1 aliphatic rings. The molecule has 106 valence electrons. The van der Waals surface area contributed by atoms with E-state index in [0.717, 1.165) is 26.1 Å². The second-order valence-corrected chi connectivity index (χ2v) is 4.76. The van der Waals surface area contributed by atoms with E-state index < -0.39 is 0 Å². The molecule has 1 aromatic rings. The Hall–Kier alpha value is -1.27. The van der Waals surface area contributed by atoms with Crippen LogP contribution in [0, 0.1) is 0 Å². The molecule has 0 radical (unpaired) electrons. The van der Waals surface area contributed by atoms with E-state index >= 15 is 0 Å². The molecule has 0 N–H and O–H groups in total. The first-order valence-corrected chi connectivity index (χ1v) is 6.91. The molecule has 0 amide bonds. The van der Waals surface area contributed by atoms with Gasteiger partial charge in [0.25, 0.3) is 0 Å². The first-order valence-electron chi connectivity index (χ1n) is 6.91. The first kappa shape index (κ1) is 14.1. The van der Waals surface area contributed by atoms with Crippen LogP contribution in [0.4, 0.5) is 0 Å². The van der Waals surface area contributed by atoms with Gasteiger partial charge in [0.05, 0.1) is 13.0 Å². The standard InChI is InChI=1S/C13H21N3O3/c1-3-5-10(17)8-12-14-13(15-19-12)11-9-16(4-2)6-7-18-11/h11H,3-9H2,1-2H3. The molecule has 1 unspecified atom stereocenters. The predicted octanol–water partition coefficient (Wildman–Crippen LogP) is 1.37. The molecule has 1 saturated heterocycles. The fourth-order valence-electron chi connectivity index (χ4n) is 2.15. The molecule has 1 aromatic heterocycles. The van der Waals surface area contributed by atoms with Gasteiger partial charge in [-0.05, 0) is 13.0 Å². The lowest BCUT2D eigenvalue weighted by atomic mass is 10.2. The van der Waals surface area contributed by atoms with Crippen LogP contribution in [0.3, 0.4) is 0 Å². The third-order valence-corrected chi connectivity index (χ3v) is 3.25. The molecule has 0 saturated carbocycles. The third kappa shape index (κ3) is 3.84. The van der Waals surface area contributed by atoms with Gasteiger partial charge >= 0.3 is 0 Å². The van der Waals surface area contributed by atoms with Crippen LogP contribution in [-0.4, -0.2) is 47.1 Å². The van der Waals surface area contributed by atoms with Crippen molar-refractivity contribution in [3.63, 3.8) is 0 Å². The van der Waals surface area contributed by atoms with Gasteiger partial charge in [0.2, 0.25) is 11.7 Å². The van der Waals surface area contributed by atoms with Crippen LogP contribution in [0.2, 0.25) is 0 Å². The highest BCUT2D eigenvalue weighted by Crippen LogP contribution is 2.19. The van der Waals surface area contributed by atoms with E-state index in [9.17, 15) is 4.79 Å². The lowest BCUT2D eigenvalue weighted by Gasteiger charge is -2.30. The summed E-state index contributed by atoms with van der Waals surface area (Å²) in [5.74, 6) is 1.08. The SMILES string of the molecule is CCCC(=O)Cc1nc(C2CN(CC)CCO2)no1. The molecule has 1 atom stereocenters. The first-order chi connectivity index (χ1) is 9.22. The topological polar surface area (TPSA) is 68.5 Å². The van der Waals surface area contributed by atoms with Crippen molar-refractivity contribution in [3.8, 4) is 0 Å². The zero-order valence-corrected chi connectivity index (χ0v) is 11.6. The normalized spacial score (nSPS) is 20.6. The molecule has 2 heterocycles. The number of likely N-dealkylation sites (N-methyl/N-ethyl adjacent to an activating group) is 1. The van der Waals surface area contributed by atoms with E-state index in [1.807, 2.05) is 6.92 Å². The summed E-state index contributed by atoms with van der Waals surface area (Å²) in [7, 11) is 0. The summed E-state index contributed by atoms with van der Waals surface area (Å²) in [6.45, 7) is 7.47. The van der Waals surface area contributed by atoms with Gasteiger partial charge in [0, 0.05) is 19.5 Å². The van der Waals surface area contributed by atoms with Crippen LogP contribution >= 0.6 is 0 Å². The number of hydrogen-bond acceptors (Lipinski definition) is 6. The fourth-order valence-corrected chi connectivity index (χ4v) is 2.15. The molecule has 6 nitrogen and oxygen atoms in total. The Labute approximate surface area is 113 Å². The second kappa shape index (κ2) is 6.77. The van der Waals surface area contributed by atoms with Crippen molar-refractivity contribution in [3.05, 3.63) is 11.7 Å². The van der Waals surface area contributed by atoms with Crippen molar-refractivity contribution in [2.45, 2.75) is 39.2 Å². The molecule has 1 aliphatic heterocycles. The highest BCUT2D eigenvalue weighted by molar-refractivity contribution is 5.79. The highest BCUT2D eigenvalue weighted by Gasteiger charge is 2.25. The minimum absolute atomic E-state index is 0.137. The number of ketones is 1. The van der Waals surface area contributed by atoms with Gasteiger partial charge in [-0.25, -0.2) is 0 Å². The number of ether oxygens (including phenoxy) is 1. The van der Waals surface area contributed by atoms with Crippen LogP contribution in [0.1, 0.15) is 44.5 Å². The Morgan fingerprint density at radius 3 is 3.05 bits per heavy atom. The van der Waals surface area contributed by atoms with Gasteiger partial charge in [-0.1, -0.05) is 19.0 Å². The molecule has 1 fully saturated rings. The van der Waals surface area contributed by atoms with Crippen LogP contribution in [-0.2, 0) is 16.0 Å². The van der Waals surface area contributed by atoms with Crippen LogP contribution in [0.25, 0.3) is 0 Å². The molecular formula is C13H21N3O3. The molecular weight excluding hydrogens is 246 g/mol. The Balaban J connectivity index is 1.94. The minimum atomic E-state index is -0.146. The van der Waals surface area contributed by atoms with Crippen LogP contribution < -0.4 is 0 Å². The summed E-state index contributed by atoms with van der Waals surface area (Å²) in [5.41, 5.74) is 0.